The Morgan fingerprint density at radius 3 is 2.65 bits per heavy atom. The molecule has 1 aliphatic carbocycles. The second-order valence-electron chi connectivity index (χ2n) is 4.39. The van der Waals surface area contributed by atoms with Gasteiger partial charge in [0.15, 0.2) is 0 Å². The maximum absolute atomic E-state index is 11.8. The lowest BCUT2D eigenvalue weighted by Gasteiger charge is -2.10. The van der Waals surface area contributed by atoms with E-state index in [1.807, 2.05) is 13.0 Å². The van der Waals surface area contributed by atoms with Crippen molar-refractivity contribution in [3.8, 4) is 0 Å². The Morgan fingerprint density at radius 2 is 2.18 bits per heavy atom. The third-order valence-corrected chi connectivity index (χ3v) is 4.36. The van der Waals surface area contributed by atoms with Crippen LogP contribution in [0.4, 0.5) is 0 Å². The van der Waals surface area contributed by atoms with Gasteiger partial charge in [-0.15, -0.1) is 11.3 Å². The average Bonchev–Trinajstić information content (AvgIpc) is 2.96. The largest absolute Gasteiger partial charge is 0.481 e. The summed E-state index contributed by atoms with van der Waals surface area (Å²) >= 11 is 1.46. The predicted molar refractivity (Wildman–Crippen MR) is 65.3 cm³/mol. The zero-order chi connectivity index (χ0) is 12.5. The Balaban J connectivity index is 1.91. The molecule has 1 amide bonds. The third kappa shape index (κ3) is 2.49. The minimum absolute atomic E-state index is 0.165. The number of carboxylic acid groups (broad SMARTS) is 1. The summed E-state index contributed by atoms with van der Waals surface area (Å²) in [6.45, 7) is 2.28. The van der Waals surface area contributed by atoms with Gasteiger partial charge >= 0.3 is 5.97 Å². The van der Waals surface area contributed by atoms with Crippen LogP contribution in [-0.4, -0.2) is 23.5 Å². The van der Waals surface area contributed by atoms with Crippen LogP contribution >= 0.6 is 11.3 Å². The SMILES string of the molecule is CCc1ccc(C(=O)NCC2(C(=O)O)CC2)s1. The molecule has 0 aromatic carbocycles. The monoisotopic (exact) mass is 253 g/mol. The molecular weight excluding hydrogens is 238 g/mol. The summed E-state index contributed by atoms with van der Waals surface area (Å²) in [4.78, 5) is 24.5. The number of aryl methyl sites for hydroxylation is 1. The van der Waals surface area contributed by atoms with Crippen LogP contribution in [0.5, 0.6) is 0 Å². The van der Waals surface area contributed by atoms with Gasteiger partial charge in [0.25, 0.3) is 5.91 Å². The second-order valence-corrected chi connectivity index (χ2v) is 5.56. The van der Waals surface area contributed by atoms with Gasteiger partial charge in [0.1, 0.15) is 0 Å². The van der Waals surface area contributed by atoms with Gasteiger partial charge in [-0.25, -0.2) is 0 Å². The first kappa shape index (κ1) is 12.1. The molecule has 17 heavy (non-hydrogen) atoms. The Morgan fingerprint density at radius 1 is 1.47 bits per heavy atom. The Labute approximate surface area is 104 Å². The number of carboxylic acids is 1. The molecule has 1 fully saturated rings. The quantitative estimate of drug-likeness (QED) is 0.842. The number of carbonyl (C=O) groups excluding carboxylic acids is 1. The molecule has 2 N–H and O–H groups in total. The molecule has 0 saturated heterocycles. The lowest BCUT2D eigenvalue weighted by molar-refractivity contribution is -0.143. The molecule has 2 rings (SSSR count). The van der Waals surface area contributed by atoms with E-state index in [0.717, 1.165) is 11.3 Å². The molecule has 0 unspecified atom stereocenters. The van der Waals surface area contributed by atoms with Crippen LogP contribution in [0.3, 0.4) is 0 Å². The fourth-order valence-electron chi connectivity index (χ4n) is 1.64. The number of hydrogen-bond acceptors (Lipinski definition) is 3. The zero-order valence-corrected chi connectivity index (χ0v) is 10.5. The first-order valence-corrected chi connectivity index (χ1v) is 6.49. The van der Waals surface area contributed by atoms with Crippen molar-refractivity contribution in [2.45, 2.75) is 26.2 Å². The molecule has 1 aromatic heterocycles. The highest BCUT2D eigenvalue weighted by Crippen LogP contribution is 2.45. The van der Waals surface area contributed by atoms with Crippen LogP contribution in [0.2, 0.25) is 0 Å². The van der Waals surface area contributed by atoms with E-state index < -0.39 is 11.4 Å². The molecule has 1 saturated carbocycles. The summed E-state index contributed by atoms with van der Waals surface area (Å²) in [6.07, 6.45) is 2.23. The predicted octanol–water partition coefficient (Wildman–Crippen LogP) is 1.91. The number of nitrogens with one attached hydrogen (secondary N) is 1. The van der Waals surface area contributed by atoms with E-state index in [1.54, 1.807) is 6.07 Å². The summed E-state index contributed by atoms with van der Waals surface area (Å²) in [5, 5.41) is 11.7. The lowest BCUT2D eigenvalue weighted by Crippen LogP contribution is -2.33. The van der Waals surface area contributed by atoms with E-state index in [0.29, 0.717) is 17.7 Å². The minimum atomic E-state index is -0.807. The molecule has 0 radical (unpaired) electrons. The Hall–Kier alpha value is -1.36. The van der Waals surface area contributed by atoms with E-state index in [-0.39, 0.29) is 12.5 Å². The molecule has 0 spiro atoms. The summed E-state index contributed by atoms with van der Waals surface area (Å²) in [5.74, 6) is -0.972. The van der Waals surface area contributed by atoms with Gasteiger partial charge in [-0.1, -0.05) is 6.92 Å². The highest BCUT2D eigenvalue weighted by atomic mass is 32.1. The normalized spacial score (nSPS) is 16.5. The number of carbonyl (C=O) groups is 2. The van der Waals surface area contributed by atoms with E-state index in [4.69, 9.17) is 5.11 Å². The van der Waals surface area contributed by atoms with Crippen molar-refractivity contribution < 1.29 is 14.7 Å². The number of thiophene rings is 1. The van der Waals surface area contributed by atoms with E-state index in [9.17, 15) is 9.59 Å². The van der Waals surface area contributed by atoms with Gasteiger partial charge < -0.3 is 10.4 Å². The summed E-state index contributed by atoms with van der Waals surface area (Å²) in [7, 11) is 0. The molecule has 1 aromatic rings. The molecule has 1 aliphatic rings. The van der Waals surface area contributed by atoms with Crippen LogP contribution in [0.1, 0.15) is 34.3 Å². The molecular formula is C12H15NO3S. The lowest BCUT2D eigenvalue weighted by atomic mass is 10.1. The van der Waals surface area contributed by atoms with Gasteiger partial charge in [-0.05, 0) is 31.4 Å². The number of hydrogen-bond donors (Lipinski definition) is 2. The fraction of sp³-hybridized carbons (Fsp3) is 0.500. The molecule has 4 nitrogen and oxygen atoms in total. The van der Waals surface area contributed by atoms with Gasteiger partial charge in [0.05, 0.1) is 10.3 Å². The van der Waals surface area contributed by atoms with Crippen molar-refractivity contribution >= 4 is 23.2 Å². The standard InChI is InChI=1S/C12H15NO3S/c1-2-8-3-4-9(17-8)10(14)13-7-12(5-6-12)11(15)16/h3-4H,2,5-7H2,1H3,(H,13,14)(H,15,16). The maximum atomic E-state index is 11.8. The number of aliphatic carboxylic acids is 1. The number of rotatable bonds is 5. The summed E-state index contributed by atoms with van der Waals surface area (Å²) in [5.41, 5.74) is -0.694. The van der Waals surface area contributed by atoms with Crippen LogP contribution in [0.25, 0.3) is 0 Å². The van der Waals surface area contributed by atoms with Gasteiger partial charge in [0.2, 0.25) is 0 Å². The summed E-state index contributed by atoms with van der Waals surface area (Å²) in [6, 6.07) is 3.73. The molecule has 5 heteroatoms. The van der Waals surface area contributed by atoms with Crippen molar-refractivity contribution in [2.75, 3.05) is 6.54 Å². The van der Waals surface area contributed by atoms with Crippen LogP contribution < -0.4 is 5.32 Å². The first-order chi connectivity index (χ1) is 8.07. The second kappa shape index (κ2) is 4.49. The van der Waals surface area contributed by atoms with Crippen molar-refractivity contribution in [3.05, 3.63) is 21.9 Å². The zero-order valence-electron chi connectivity index (χ0n) is 9.66. The van der Waals surface area contributed by atoms with Crippen LogP contribution in [-0.2, 0) is 11.2 Å². The smallest absolute Gasteiger partial charge is 0.311 e. The minimum Gasteiger partial charge on any atom is -0.481 e. The van der Waals surface area contributed by atoms with Crippen molar-refractivity contribution in [1.29, 1.82) is 0 Å². The first-order valence-electron chi connectivity index (χ1n) is 5.68. The van der Waals surface area contributed by atoms with E-state index >= 15 is 0 Å². The van der Waals surface area contributed by atoms with Crippen molar-refractivity contribution in [2.24, 2.45) is 5.41 Å². The highest BCUT2D eigenvalue weighted by Gasteiger charge is 2.50. The van der Waals surface area contributed by atoms with E-state index in [2.05, 4.69) is 5.32 Å². The summed E-state index contributed by atoms with van der Waals surface area (Å²) < 4.78 is 0. The Bertz CT molecular complexity index is 448. The fourth-order valence-corrected chi connectivity index (χ4v) is 2.51. The molecule has 0 atom stereocenters. The highest BCUT2D eigenvalue weighted by molar-refractivity contribution is 7.14. The van der Waals surface area contributed by atoms with Gasteiger partial charge in [0, 0.05) is 11.4 Å². The average molecular weight is 253 g/mol. The van der Waals surface area contributed by atoms with Gasteiger partial charge in [-0.2, -0.15) is 0 Å². The van der Waals surface area contributed by atoms with Crippen molar-refractivity contribution in [1.82, 2.24) is 5.32 Å². The third-order valence-electron chi connectivity index (χ3n) is 3.13. The van der Waals surface area contributed by atoms with E-state index in [1.165, 1.54) is 11.3 Å². The number of amides is 1. The molecule has 0 aliphatic heterocycles. The van der Waals surface area contributed by atoms with Crippen molar-refractivity contribution in [3.63, 3.8) is 0 Å². The van der Waals surface area contributed by atoms with Crippen LogP contribution in [0.15, 0.2) is 12.1 Å². The van der Waals surface area contributed by atoms with Crippen LogP contribution in [0, 0.1) is 5.41 Å². The van der Waals surface area contributed by atoms with Gasteiger partial charge in [-0.3, -0.25) is 9.59 Å². The molecule has 1 heterocycles. The molecule has 0 bridgehead atoms. The maximum Gasteiger partial charge on any atom is 0.311 e. The topological polar surface area (TPSA) is 66.4 Å². The Kier molecular flexibility index (Phi) is 3.19. The molecule has 92 valence electrons.